The quantitative estimate of drug-likeness (QED) is 0.808. The van der Waals surface area contributed by atoms with Crippen molar-refractivity contribution in [2.24, 2.45) is 0 Å². The third-order valence-corrected chi connectivity index (χ3v) is 6.32. The molecule has 1 aromatic carbocycles. The predicted octanol–water partition coefficient (Wildman–Crippen LogP) is 2.46. The molecule has 3 atom stereocenters. The maximum Gasteiger partial charge on any atom is 0.115 e. The normalized spacial score (nSPS) is 37.0. The maximum atomic E-state index is 10.0. The van der Waals surface area contributed by atoms with Crippen molar-refractivity contribution in [3.8, 4) is 18.1 Å². The molecule has 0 radical (unpaired) electrons. The third kappa shape index (κ3) is 1.66. The van der Waals surface area contributed by atoms with Crippen LogP contribution in [-0.4, -0.2) is 41.3 Å². The van der Waals surface area contributed by atoms with E-state index in [0.717, 1.165) is 38.8 Å². The average molecular weight is 297 g/mol. The Morgan fingerprint density at radius 2 is 2.32 bits per heavy atom. The molecule has 0 amide bonds. The highest BCUT2D eigenvalue weighted by Gasteiger charge is 2.62. The van der Waals surface area contributed by atoms with Gasteiger partial charge in [0.1, 0.15) is 5.75 Å². The number of nitrogens with zero attached hydrogens (tertiary/aromatic N) is 1. The van der Waals surface area contributed by atoms with E-state index < -0.39 is 0 Å². The standard InChI is InChI=1S/C19H23NO2/c1-3-9-20-10-8-19-7-4-11-22-18(19,2)17(20)12-14-5-6-15(21)13-16(14)19/h1,5-6,13,17,21H,4,7-12H2,2H3/t17-,18+,19+/m1/s1. The highest BCUT2D eigenvalue weighted by Crippen LogP contribution is 2.57. The molecule has 2 heterocycles. The molecule has 0 unspecified atom stereocenters. The maximum absolute atomic E-state index is 10.0. The zero-order chi connectivity index (χ0) is 15.4. The summed E-state index contributed by atoms with van der Waals surface area (Å²) < 4.78 is 6.41. The Labute approximate surface area is 132 Å². The largest absolute Gasteiger partial charge is 0.508 e. The molecule has 22 heavy (non-hydrogen) atoms. The van der Waals surface area contributed by atoms with E-state index in [0.29, 0.717) is 18.3 Å². The van der Waals surface area contributed by atoms with Crippen LogP contribution in [0.5, 0.6) is 5.75 Å². The number of rotatable bonds is 1. The first kappa shape index (κ1) is 14.1. The van der Waals surface area contributed by atoms with Gasteiger partial charge in [-0.2, -0.15) is 0 Å². The van der Waals surface area contributed by atoms with Crippen LogP contribution >= 0.6 is 0 Å². The van der Waals surface area contributed by atoms with E-state index in [-0.39, 0.29) is 11.0 Å². The summed E-state index contributed by atoms with van der Waals surface area (Å²) in [5.41, 5.74) is 2.48. The summed E-state index contributed by atoms with van der Waals surface area (Å²) in [6, 6.07) is 6.21. The van der Waals surface area contributed by atoms with E-state index in [4.69, 9.17) is 11.2 Å². The van der Waals surface area contributed by atoms with E-state index in [1.54, 1.807) is 0 Å². The van der Waals surface area contributed by atoms with E-state index in [2.05, 4.69) is 23.8 Å². The molecule has 3 aliphatic rings. The van der Waals surface area contributed by atoms with Crippen LogP contribution in [0.25, 0.3) is 0 Å². The lowest BCUT2D eigenvalue weighted by molar-refractivity contribution is -0.195. The fraction of sp³-hybridized carbons (Fsp3) is 0.579. The molecule has 0 saturated carbocycles. The van der Waals surface area contributed by atoms with Crippen molar-refractivity contribution in [3.05, 3.63) is 29.3 Å². The van der Waals surface area contributed by atoms with Crippen molar-refractivity contribution in [2.45, 2.75) is 49.7 Å². The summed E-state index contributed by atoms with van der Waals surface area (Å²) in [6.07, 6.45) is 9.82. The summed E-state index contributed by atoms with van der Waals surface area (Å²) >= 11 is 0. The number of phenolic OH excluding ortho intramolecular Hbond substituents is 1. The first-order chi connectivity index (χ1) is 10.6. The van der Waals surface area contributed by atoms with Gasteiger partial charge in [-0.3, -0.25) is 4.90 Å². The van der Waals surface area contributed by atoms with Crippen molar-refractivity contribution in [3.63, 3.8) is 0 Å². The van der Waals surface area contributed by atoms with Gasteiger partial charge in [0.15, 0.2) is 0 Å². The van der Waals surface area contributed by atoms with Crippen LogP contribution in [0.4, 0.5) is 0 Å². The Balaban J connectivity index is 1.90. The smallest absolute Gasteiger partial charge is 0.115 e. The van der Waals surface area contributed by atoms with Gasteiger partial charge in [0, 0.05) is 24.6 Å². The van der Waals surface area contributed by atoms with Crippen molar-refractivity contribution < 1.29 is 9.84 Å². The molecule has 4 rings (SSSR count). The number of terminal acetylenes is 1. The van der Waals surface area contributed by atoms with Gasteiger partial charge in [-0.05, 0) is 55.9 Å². The average Bonchev–Trinajstić information content (AvgIpc) is 2.50. The minimum absolute atomic E-state index is 0.0212. The highest BCUT2D eigenvalue weighted by molar-refractivity contribution is 5.47. The second-order valence-electron chi connectivity index (χ2n) is 7.13. The van der Waals surface area contributed by atoms with Crippen molar-refractivity contribution in [1.82, 2.24) is 4.90 Å². The number of likely N-dealkylation sites (tertiary alicyclic amines) is 1. The van der Waals surface area contributed by atoms with E-state index >= 15 is 0 Å². The number of benzene rings is 1. The molecule has 2 bridgehead atoms. The lowest BCUT2D eigenvalue weighted by atomic mass is 9.52. The molecule has 2 saturated heterocycles. The first-order valence-corrected chi connectivity index (χ1v) is 8.24. The Morgan fingerprint density at radius 1 is 1.45 bits per heavy atom. The number of aromatic hydroxyl groups is 1. The number of hydrogen-bond acceptors (Lipinski definition) is 3. The molecule has 1 aliphatic carbocycles. The lowest BCUT2D eigenvalue weighted by Gasteiger charge is -2.64. The van der Waals surface area contributed by atoms with Crippen molar-refractivity contribution >= 4 is 0 Å². The number of piperidine rings is 1. The first-order valence-electron chi connectivity index (χ1n) is 8.24. The molecule has 0 aromatic heterocycles. The molecule has 3 nitrogen and oxygen atoms in total. The van der Waals surface area contributed by atoms with Crippen LogP contribution < -0.4 is 0 Å². The SMILES string of the molecule is C#CCN1CC[C@]23CCCO[C@@]2(C)[C@H]1Cc1ccc(O)cc13. The van der Waals surface area contributed by atoms with Crippen LogP contribution in [0, 0.1) is 12.3 Å². The summed E-state index contributed by atoms with van der Waals surface area (Å²) in [5.74, 6) is 3.18. The third-order valence-electron chi connectivity index (χ3n) is 6.32. The van der Waals surface area contributed by atoms with Gasteiger partial charge < -0.3 is 9.84 Å². The Kier molecular flexibility index (Phi) is 3.04. The number of phenols is 1. The minimum Gasteiger partial charge on any atom is -0.508 e. The number of fused-ring (bicyclic) bond motifs is 1. The topological polar surface area (TPSA) is 32.7 Å². The van der Waals surface area contributed by atoms with Crippen molar-refractivity contribution in [2.75, 3.05) is 19.7 Å². The molecule has 2 aliphatic heterocycles. The fourth-order valence-corrected chi connectivity index (χ4v) is 5.23. The van der Waals surface area contributed by atoms with Crippen LogP contribution in [0.2, 0.25) is 0 Å². The van der Waals surface area contributed by atoms with Gasteiger partial charge in [-0.25, -0.2) is 0 Å². The van der Waals surface area contributed by atoms with Gasteiger partial charge in [0.2, 0.25) is 0 Å². The summed E-state index contributed by atoms with van der Waals surface area (Å²) in [5, 5.41) is 10.0. The Bertz CT molecular complexity index is 649. The monoisotopic (exact) mass is 297 g/mol. The Hall–Kier alpha value is -1.50. The van der Waals surface area contributed by atoms with Gasteiger partial charge in [0.25, 0.3) is 0 Å². The Morgan fingerprint density at radius 3 is 3.14 bits per heavy atom. The van der Waals surface area contributed by atoms with Gasteiger partial charge in [0.05, 0.1) is 12.1 Å². The molecular formula is C19H23NO2. The van der Waals surface area contributed by atoms with E-state index in [1.807, 2.05) is 12.1 Å². The molecule has 1 N–H and O–H groups in total. The van der Waals surface area contributed by atoms with Crippen LogP contribution in [0.3, 0.4) is 0 Å². The number of hydrogen-bond donors (Lipinski definition) is 1. The van der Waals surface area contributed by atoms with E-state index in [1.165, 1.54) is 11.1 Å². The molecule has 2 fully saturated rings. The predicted molar refractivity (Wildman–Crippen MR) is 85.9 cm³/mol. The summed E-state index contributed by atoms with van der Waals surface area (Å²) in [6.45, 7) is 4.80. The number of ether oxygens (including phenoxy) is 1. The molecular weight excluding hydrogens is 274 g/mol. The highest BCUT2D eigenvalue weighted by atomic mass is 16.5. The zero-order valence-corrected chi connectivity index (χ0v) is 13.1. The van der Waals surface area contributed by atoms with E-state index in [9.17, 15) is 5.11 Å². The zero-order valence-electron chi connectivity index (χ0n) is 13.1. The van der Waals surface area contributed by atoms with Crippen LogP contribution in [-0.2, 0) is 16.6 Å². The molecule has 0 spiro atoms. The second-order valence-corrected chi connectivity index (χ2v) is 7.13. The minimum atomic E-state index is -0.207. The molecule has 3 heteroatoms. The summed E-state index contributed by atoms with van der Waals surface area (Å²) in [7, 11) is 0. The molecule has 116 valence electrons. The summed E-state index contributed by atoms with van der Waals surface area (Å²) in [4.78, 5) is 2.42. The van der Waals surface area contributed by atoms with Crippen LogP contribution in [0.15, 0.2) is 18.2 Å². The van der Waals surface area contributed by atoms with Gasteiger partial charge in [-0.15, -0.1) is 6.42 Å². The van der Waals surface area contributed by atoms with Gasteiger partial charge in [-0.1, -0.05) is 12.0 Å². The second kappa shape index (κ2) is 4.75. The lowest BCUT2D eigenvalue weighted by Crippen LogP contribution is -2.72. The fourth-order valence-electron chi connectivity index (χ4n) is 5.23. The van der Waals surface area contributed by atoms with Crippen LogP contribution in [0.1, 0.15) is 37.3 Å². The van der Waals surface area contributed by atoms with Crippen molar-refractivity contribution in [1.29, 1.82) is 0 Å². The van der Waals surface area contributed by atoms with Gasteiger partial charge >= 0.3 is 0 Å². The molecule has 1 aromatic rings.